The Bertz CT molecular complexity index is 1590. The molecule has 50 heavy (non-hydrogen) atoms. The molecule has 0 spiro atoms. The summed E-state index contributed by atoms with van der Waals surface area (Å²) in [6.45, 7) is 7.76. The highest BCUT2D eigenvalue weighted by atomic mass is 32.2. The number of aryl methyl sites for hydroxylation is 1. The van der Waals surface area contributed by atoms with E-state index in [-0.39, 0.29) is 80.5 Å². The molecule has 0 aliphatic heterocycles. The molecule has 5 N–H and O–H groups in total. The maximum atomic E-state index is 12.8. The summed E-state index contributed by atoms with van der Waals surface area (Å²) in [5.74, 6) is -1.94. The number of benzene rings is 2. The van der Waals surface area contributed by atoms with Crippen LogP contribution in [0.4, 0.5) is 5.69 Å². The number of carbonyl (C=O) groups excluding carboxylic acids is 2. The first kappa shape index (κ1) is 47.1. The molecule has 3 aromatic rings. The fraction of sp³-hybridized carbons (Fsp3) is 0.368. The Balaban J connectivity index is 0. The molecule has 0 saturated heterocycles. The molecule has 0 unspecified atom stereocenters. The molecule has 12 heteroatoms. The maximum Gasteiger partial charge on any atom is 0.303 e. The lowest BCUT2D eigenvalue weighted by Crippen LogP contribution is -2.23. The second-order valence-electron chi connectivity index (χ2n) is 10.1. The molecule has 0 atom stereocenters. The van der Waals surface area contributed by atoms with Crippen molar-refractivity contribution in [2.45, 2.75) is 91.6 Å². The van der Waals surface area contributed by atoms with Crippen LogP contribution in [0.25, 0.3) is 0 Å². The second-order valence-corrected chi connectivity index (χ2v) is 11.7. The molecule has 0 aliphatic rings. The number of aliphatic hydroxyl groups is 2. The lowest BCUT2D eigenvalue weighted by molar-refractivity contribution is -0.138. The van der Waals surface area contributed by atoms with Gasteiger partial charge in [-0.2, -0.15) is 8.42 Å². The fourth-order valence-corrected chi connectivity index (χ4v) is 5.03. The van der Waals surface area contributed by atoms with Crippen LogP contribution in [0.3, 0.4) is 0 Å². The Morgan fingerprint density at radius 3 is 1.98 bits per heavy atom. The number of nitrogens with one attached hydrogen (secondary N) is 2. The number of carbonyl (C=O) groups is 3. The molecular weight excluding hydrogens is 658 g/mol. The van der Waals surface area contributed by atoms with Crippen LogP contribution >= 0.6 is 0 Å². The minimum atomic E-state index is -4.05. The number of sulfonamides is 1. The SMILES string of the molecule is C.C#C.CC.CCCC(=O)/C(Cc1cccc(NS(=O)(=O)c2ccc(CNC(=O)CCC(=O)O)cn2)c1)=C(/O)CCO.CCc1ccccc1. The van der Waals surface area contributed by atoms with Crippen LogP contribution in [0.2, 0.25) is 0 Å². The Hall–Kier alpha value is -4.99. The van der Waals surface area contributed by atoms with Crippen molar-refractivity contribution in [2.24, 2.45) is 0 Å². The average Bonchev–Trinajstić information content (AvgIpc) is 3.11. The monoisotopic (exact) mass is 711 g/mol. The lowest BCUT2D eigenvalue weighted by Gasteiger charge is -2.12. The van der Waals surface area contributed by atoms with Gasteiger partial charge in [0.25, 0.3) is 10.0 Å². The summed E-state index contributed by atoms with van der Waals surface area (Å²) < 4.78 is 28.1. The zero-order valence-electron chi connectivity index (χ0n) is 28.7. The zero-order valence-corrected chi connectivity index (χ0v) is 29.5. The van der Waals surface area contributed by atoms with Gasteiger partial charge in [0, 0.05) is 49.7 Å². The van der Waals surface area contributed by atoms with Crippen LogP contribution in [-0.4, -0.2) is 53.0 Å². The minimum absolute atomic E-state index is 0. The first-order valence-corrected chi connectivity index (χ1v) is 17.4. The van der Waals surface area contributed by atoms with Crippen LogP contribution in [-0.2, 0) is 43.8 Å². The number of rotatable bonds is 16. The summed E-state index contributed by atoms with van der Waals surface area (Å²) in [6, 6.07) is 19.6. The van der Waals surface area contributed by atoms with Crippen molar-refractivity contribution in [1.82, 2.24) is 10.3 Å². The summed E-state index contributed by atoms with van der Waals surface area (Å²) in [5.41, 5.74) is 2.95. The van der Waals surface area contributed by atoms with Crippen molar-refractivity contribution < 1.29 is 38.1 Å². The molecule has 3 rings (SSSR count). The van der Waals surface area contributed by atoms with Gasteiger partial charge in [-0.25, -0.2) is 4.98 Å². The van der Waals surface area contributed by atoms with Gasteiger partial charge in [0.1, 0.15) is 5.76 Å². The van der Waals surface area contributed by atoms with Crippen LogP contribution in [0.5, 0.6) is 0 Å². The number of carboxylic acid groups (broad SMARTS) is 1. The molecule has 0 fully saturated rings. The Morgan fingerprint density at radius 2 is 1.46 bits per heavy atom. The topological polar surface area (TPSA) is 183 Å². The number of aliphatic carboxylic acids is 1. The number of anilines is 1. The molecule has 0 bridgehead atoms. The van der Waals surface area contributed by atoms with Gasteiger partial charge in [-0.05, 0) is 47.7 Å². The standard InChI is InChI=1S/C25H31N3O8S.C8H10.C2H6.C2H2.CH4/c1-2-4-21(30)20(22(31)11-12-29)14-17-5-3-6-19(13-17)28-37(35,36)24-9-7-18(16-27-24)15-26-23(32)8-10-25(33)34;1-2-8-6-4-3-5-7-8;2*1-2;/h3,5-7,9,13,16,28-29,31H,2,4,8,10-12,14-15H2,1H3,(H,26,32)(H,33,34);3-7H,2H2,1H3;1-2H3;1-2H;1H4/b22-20+;;;;. The van der Waals surface area contributed by atoms with Gasteiger partial charge in [0.2, 0.25) is 5.91 Å². The van der Waals surface area contributed by atoms with E-state index in [1.807, 2.05) is 26.8 Å². The largest absolute Gasteiger partial charge is 0.512 e. The quantitative estimate of drug-likeness (QED) is 0.0618. The highest BCUT2D eigenvalue weighted by molar-refractivity contribution is 7.92. The van der Waals surface area contributed by atoms with E-state index in [1.165, 1.54) is 30.0 Å². The second kappa shape index (κ2) is 26.9. The van der Waals surface area contributed by atoms with E-state index in [1.54, 1.807) is 18.2 Å². The van der Waals surface area contributed by atoms with Crippen molar-refractivity contribution in [3.63, 3.8) is 0 Å². The Kier molecular flexibility index (Phi) is 25.4. The number of ketones is 1. The van der Waals surface area contributed by atoms with Crippen LogP contribution in [0.1, 0.15) is 83.9 Å². The summed E-state index contributed by atoms with van der Waals surface area (Å²) in [5, 5.41) is 30.3. The molecule has 2 aromatic carbocycles. The fourth-order valence-electron chi connectivity index (χ4n) is 4.05. The first-order chi connectivity index (χ1) is 23.5. The van der Waals surface area contributed by atoms with Crippen LogP contribution in [0, 0.1) is 12.8 Å². The number of terminal acetylenes is 1. The van der Waals surface area contributed by atoms with Crippen molar-refractivity contribution in [3.8, 4) is 12.8 Å². The van der Waals surface area contributed by atoms with E-state index in [9.17, 15) is 27.9 Å². The third-order valence-corrected chi connectivity index (χ3v) is 7.75. The highest BCUT2D eigenvalue weighted by Gasteiger charge is 2.18. The van der Waals surface area contributed by atoms with E-state index >= 15 is 0 Å². The van der Waals surface area contributed by atoms with E-state index < -0.39 is 21.9 Å². The summed E-state index contributed by atoms with van der Waals surface area (Å²) in [7, 11) is -4.05. The highest BCUT2D eigenvalue weighted by Crippen LogP contribution is 2.21. The number of allylic oxidation sites excluding steroid dienone is 1. The van der Waals surface area contributed by atoms with Crippen molar-refractivity contribution >= 4 is 33.4 Å². The van der Waals surface area contributed by atoms with E-state index in [0.717, 1.165) is 6.42 Å². The number of carboxylic acids is 1. The van der Waals surface area contributed by atoms with Gasteiger partial charge in [-0.1, -0.05) is 83.7 Å². The molecule has 1 heterocycles. The molecule has 0 aliphatic carbocycles. The van der Waals surface area contributed by atoms with Crippen molar-refractivity contribution in [1.29, 1.82) is 0 Å². The predicted molar refractivity (Wildman–Crippen MR) is 199 cm³/mol. The van der Waals surface area contributed by atoms with E-state index in [4.69, 9.17) is 10.2 Å². The number of nitrogens with zero attached hydrogens (tertiary/aromatic N) is 1. The molecular formula is C38H53N3O8S. The number of pyridine rings is 1. The molecule has 0 saturated carbocycles. The lowest BCUT2D eigenvalue weighted by atomic mass is 9.97. The predicted octanol–water partition coefficient (Wildman–Crippen LogP) is 6.63. The number of Topliss-reactive ketones (excluding diaryl/α,β-unsaturated/α-hetero) is 1. The zero-order chi connectivity index (χ0) is 37.2. The number of hydrogen-bond acceptors (Lipinski definition) is 8. The van der Waals surface area contributed by atoms with Crippen LogP contribution in [0.15, 0.2) is 89.3 Å². The third-order valence-electron chi connectivity index (χ3n) is 6.45. The van der Waals surface area contributed by atoms with Gasteiger partial charge >= 0.3 is 5.97 Å². The Labute approximate surface area is 297 Å². The van der Waals surface area contributed by atoms with Gasteiger partial charge in [0.15, 0.2) is 10.8 Å². The minimum Gasteiger partial charge on any atom is -0.512 e. The van der Waals surface area contributed by atoms with E-state index in [2.05, 4.69) is 59.1 Å². The molecule has 274 valence electrons. The molecule has 0 radical (unpaired) electrons. The average molecular weight is 712 g/mol. The van der Waals surface area contributed by atoms with E-state index in [0.29, 0.717) is 17.5 Å². The van der Waals surface area contributed by atoms with Crippen LogP contribution < -0.4 is 10.0 Å². The van der Waals surface area contributed by atoms with Crippen molar-refractivity contribution in [2.75, 3.05) is 11.3 Å². The van der Waals surface area contributed by atoms with Gasteiger partial charge < -0.3 is 20.6 Å². The van der Waals surface area contributed by atoms with Gasteiger partial charge in [0.05, 0.1) is 13.0 Å². The number of hydrogen-bond donors (Lipinski definition) is 5. The third kappa shape index (κ3) is 18.5. The number of amides is 1. The summed E-state index contributed by atoms with van der Waals surface area (Å²) in [4.78, 5) is 38.6. The Morgan fingerprint density at radius 1 is 0.820 bits per heavy atom. The summed E-state index contributed by atoms with van der Waals surface area (Å²) in [6.07, 6.45) is 10.8. The smallest absolute Gasteiger partial charge is 0.303 e. The molecule has 1 amide bonds. The first-order valence-electron chi connectivity index (χ1n) is 16.0. The number of aliphatic hydroxyl groups excluding tert-OH is 2. The normalized spacial score (nSPS) is 10.5. The summed E-state index contributed by atoms with van der Waals surface area (Å²) >= 11 is 0. The van der Waals surface area contributed by atoms with Crippen molar-refractivity contribution in [3.05, 3.63) is 101 Å². The maximum absolute atomic E-state index is 12.8. The number of aromatic nitrogens is 1. The molecule has 1 aromatic heterocycles. The van der Waals surface area contributed by atoms with Gasteiger partial charge in [-0.15, -0.1) is 12.8 Å². The molecule has 11 nitrogen and oxygen atoms in total. The van der Waals surface area contributed by atoms with Gasteiger partial charge in [-0.3, -0.25) is 19.1 Å².